The van der Waals surface area contributed by atoms with Gasteiger partial charge in [0.2, 0.25) is 0 Å². The summed E-state index contributed by atoms with van der Waals surface area (Å²) < 4.78 is 0. The van der Waals surface area contributed by atoms with Crippen LogP contribution < -0.4 is 10.6 Å². The Balaban J connectivity index is 1.86. The molecule has 1 aromatic rings. The number of anilines is 1. The fraction of sp³-hybridized carbons (Fsp3) is 0.647. The van der Waals surface area contributed by atoms with Crippen LogP contribution in [-0.4, -0.2) is 18.1 Å². The number of benzene rings is 1. The predicted molar refractivity (Wildman–Crippen MR) is 81.6 cm³/mol. The van der Waals surface area contributed by atoms with E-state index in [0.717, 1.165) is 12.5 Å². The van der Waals surface area contributed by atoms with E-state index < -0.39 is 0 Å². The number of hydrogen-bond donors (Lipinski definition) is 1. The average molecular weight is 258 g/mol. The van der Waals surface area contributed by atoms with Crippen molar-refractivity contribution < 1.29 is 0 Å². The summed E-state index contributed by atoms with van der Waals surface area (Å²) in [4.78, 5) is 2.72. The van der Waals surface area contributed by atoms with Gasteiger partial charge in [0.15, 0.2) is 0 Å². The molecule has 1 aromatic carbocycles. The van der Waals surface area contributed by atoms with Crippen molar-refractivity contribution in [2.75, 3.05) is 4.90 Å². The molecule has 2 unspecified atom stereocenters. The second-order valence-corrected chi connectivity index (χ2v) is 6.40. The third-order valence-electron chi connectivity index (χ3n) is 4.73. The first-order valence-electron chi connectivity index (χ1n) is 7.87. The molecule has 1 saturated carbocycles. The van der Waals surface area contributed by atoms with E-state index in [4.69, 9.17) is 5.73 Å². The summed E-state index contributed by atoms with van der Waals surface area (Å²) in [6.07, 6.45) is 9.25. The summed E-state index contributed by atoms with van der Waals surface area (Å²) >= 11 is 0. The molecule has 2 aliphatic rings. The highest BCUT2D eigenvalue weighted by Crippen LogP contribution is 2.38. The molecule has 1 heterocycles. The molecule has 0 aromatic heterocycles. The Bertz CT molecular complexity index is 421. The zero-order chi connectivity index (χ0) is 13.2. The van der Waals surface area contributed by atoms with Crippen molar-refractivity contribution in [2.24, 2.45) is 5.73 Å². The van der Waals surface area contributed by atoms with Crippen LogP contribution in [0.4, 0.5) is 5.69 Å². The molecule has 0 saturated heterocycles. The molecule has 2 atom stereocenters. The Morgan fingerprint density at radius 2 is 1.95 bits per heavy atom. The molecule has 0 radical (unpaired) electrons. The second-order valence-electron chi connectivity index (χ2n) is 6.40. The lowest BCUT2D eigenvalue weighted by Gasteiger charge is -2.38. The molecule has 104 valence electrons. The Morgan fingerprint density at radius 1 is 1.21 bits per heavy atom. The number of fused-ring (bicyclic) bond motifs is 1. The van der Waals surface area contributed by atoms with E-state index in [1.54, 1.807) is 0 Å². The molecular weight excluding hydrogens is 232 g/mol. The highest BCUT2D eigenvalue weighted by atomic mass is 15.2. The SMILES string of the molecule is CC(N)CC1Cc2ccccc2N1C1CCCCC1. The predicted octanol–water partition coefficient (Wildman–Crippen LogP) is 3.49. The Hall–Kier alpha value is -1.02. The maximum absolute atomic E-state index is 6.07. The number of rotatable bonds is 3. The Kier molecular flexibility index (Phi) is 3.79. The molecule has 19 heavy (non-hydrogen) atoms. The first-order valence-corrected chi connectivity index (χ1v) is 7.87. The summed E-state index contributed by atoms with van der Waals surface area (Å²) in [5.74, 6) is 0. The first kappa shape index (κ1) is 13.0. The quantitative estimate of drug-likeness (QED) is 0.899. The topological polar surface area (TPSA) is 29.3 Å². The Morgan fingerprint density at radius 3 is 2.68 bits per heavy atom. The fourth-order valence-electron chi connectivity index (χ4n) is 3.96. The second kappa shape index (κ2) is 5.54. The van der Waals surface area contributed by atoms with Gasteiger partial charge in [-0.05, 0) is 44.2 Å². The van der Waals surface area contributed by atoms with Gasteiger partial charge < -0.3 is 10.6 Å². The maximum Gasteiger partial charge on any atom is 0.0404 e. The minimum absolute atomic E-state index is 0.297. The molecule has 0 spiro atoms. The summed E-state index contributed by atoms with van der Waals surface area (Å²) in [5, 5.41) is 0. The van der Waals surface area contributed by atoms with Crippen LogP contribution >= 0.6 is 0 Å². The minimum atomic E-state index is 0.297. The molecule has 1 aliphatic carbocycles. The van der Waals surface area contributed by atoms with Gasteiger partial charge in [-0.2, -0.15) is 0 Å². The van der Waals surface area contributed by atoms with Gasteiger partial charge >= 0.3 is 0 Å². The van der Waals surface area contributed by atoms with E-state index in [9.17, 15) is 0 Å². The van der Waals surface area contributed by atoms with Gasteiger partial charge in [-0.25, -0.2) is 0 Å². The van der Waals surface area contributed by atoms with E-state index >= 15 is 0 Å². The van der Waals surface area contributed by atoms with E-state index in [1.807, 2.05) is 0 Å². The van der Waals surface area contributed by atoms with Crippen LogP contribution in [0.1, 0.15) is 51.0 Å². The van der Waals surface area contributed by atoms with Gasteiger partial charge in [-0.15, -0.1) is 0 Å². The summed E-state index contributed by atoms with van der Waals surface area (Å²) in [5.41, 5.74) is 9.08. The van der Waals surface area contributed by atoms with E-state index in [0.29, 0.717) is 12.1 Å². The minimum Gasteiger partial charge on any atom is -0.365 e. The van der Waals surface area contributed by atoms with Gasteiger partial charge in [-0.3, -0.25) is 0 Å². The van der Waals surface area contributed by atoms with E-state index in [1.165, 1.54) is 49.8 Å². The van der Waals surface area contributed by atoms with E-state index in [-0.39, 0.29) is 0 Å². The van der Waals surface area contributed by atoms with Crippen molar-refractivity contribution in [3.05, 3.63) is 29.8 Å². The van der Waals surface area contributed by atoms with Crippen LogP contribution in [0.5, 0.6) is 0 Å². The van der Waals surface area contributed by atoms with Crippen molar-refractivity contribution in [3.8, 4) is 0 Å². The first-order chi connectivity index (χ1) is 9.25. The number of nitrogens with two attached hydrogens (primary N) is 1. The highest BCUT2D eigenvalue weighted by Gasteiger charge is 2.34. The molecule has 2 heteroatoms. The van der Waals surface area contributed by atoms with Crippen LogP contribution in [0, 0.1) is 0 Å². The smallest absolute Gasteiger partial charge is 0.0404 e. The molecule has 2 N–H and O–H groups in total. The summed E-state index contributed by atoms with van der Waals surface area (Å²) in [6.45, 7) is 2.14. The third-order valence-corrected chi connectivity index (χ3v) is 4.73. The number of nitrogens with zero attached hydrogens (tertiary/aromatic N) is 1. The maximum atomic E-state index is 6.07. The van der Waals surface area contributed by atoms with Gasteiger partial charge in [0.05, 0.1) is 0 Å². The largest absolute Gasteiger partial charge is 0.365 e. The molecule has 1 fully saturated rings. The molecule has 2 nitrogen and oxygen atoms in total. The molecule has 0 bridgehead atoms. The van der Waals surface area contributed by atoms with Crippen molar-refractivity contribution >= 4 is 5.69 Å². The van der Waals surface area contributed by atoms with Gasteiger partial charge in [0.25, 0.3) is 0 Å². The normalized spacial score (nSPS) is 25.4. The van der Waals surface area contributed by atoms with Crippen LogP contribution in [-0.2, 0) is 6.42 Å². The van der Waals surface area contributed by atoms with Crippen molar-refractivity contribution in [2.45, 2.75) is 70.0 Å². The third kappa shape index (κ3) is 2.64. The van der Waals surface area contributed by atoms with Gasteiger partial charge in [-0.1, -0.05) is 37.5 Å². The molecule has 1 aliphatic heterocycles. The van der Waals surface area contributed by atoms with Crippen molar-refractivity contribution in [3.63, 3.8) is 0 Å². The lowest BCUT2D eigenvalue weighted by atomic mass is 9.92. The van der Waals surface area contributed by atoms with Gasteiger partial charge in [0.1, 0.15) is 0 Å². The van der Waals surface area contributed by atoms with Crippen LogP contribution in [0.2, 0.25) is 0 Å². The number of para-hydroxylation sites is 1. The summed E-state index contributed by atoms with van der Waals surface area (Å²) in [6, 6.07) is 10.6. The monoisotopic (exact) mass is 258 g/mol. The summed E-state index contributed by atoms with van der Waals surface area (Å²) in [7, 11) is 0. The molecule has 3 rings (SSSR count). The lowest BCUT2D eigenvalue weighted by Crippen LogP contribution is -2.44. The number of hydrogen-bond acceptors (Lipinski definition) is 2. The highest BCUT2D eigenvalue weighted by molar-refractivity contribution is 5.60. The van der Waals surface area contributed by atoms with Crippen LogP contribution in [0.25, 0.3) is 0 Å². The standard InChI is InChI=1S/C17H26N2/c1-13(18)11-16-12-14-7-5-6-10-17(14)19(16)15-8-3-2-4-9-15/h5-7,10,13,15-16H,2-4,8-9,11-12,18H2,1H3. The van der Waals surface area contributed by atoms with Crippen molar-refractivity contribution in [1.29, 1.82) is 0 Å². The molecular formula is C17H26N2. The van der Waals surface area contributed by atoms with Gasteiger partial charge in [0, 0.05) is 23.8 Å². The van der Waals surface area contributed by atoms with E-state index in [2.05, 4.69) is 36.1 Å². The fourth-order valence-corrected chi connectivity index (χ4v) is 3.96. The zero-order valence-corrected chi connectivity index (χ0v) is 12.0. The zero-order valence-electron chi connectivity index (χ0n) is 12.0. The average Bonchev–Trinajstić information content (AvgIpc) is 2.76. The van der Waals surface area contributed by atoms with Crippen LogP contribution in [0.15, 0.2) is 24.3 Å². The lowest BCUT2D eigenvalue weighted by molar-refractivity contribution is 0.380. The van der Waals surface area contributed by atoms with Crippen LogP contribution in [0.3, 0.4) is 0 Å². The van der Waals surface area contributed by atoms with Crippen molar-refractivity contribution in [1.82, 2.24) is 0 Å². The molecule has 0 amide bonds. The Labute approximate surface area is 117 Å².